The Bertz CT molecular complexity index is 573. The van der Waals surface area contributed by atoms with Gasteiger partial charge < -0.3 is 10.1 Å². The maximum atomic E-state index is 11.6. The van der Waals surface area contributed by atoms with Crippen molar-refractivity contribution in [2.24, 2.45) is 0 Å². The van der Waals surface area contributed by atoms with Crippen molar-refractivity contribution in [3.05, 3.63) is 66.0 Å². The van der Waals surface area contributed by atoms with Crippen LogP contribution in [0.15, 0.2) is 54.9 Å². The lowest BCUT2D eigenvalue weighted by Gasteiger charge is -2.12. The zero-order chi connectivity index (χ0) is 14.9. The van der Waals surface area contributed by atoms with Crippen LogP contribution < -0.4 is 5.32 Å². The number of pyridine rings is 1. The highest BCUT2D eigenvalue weighted by Crippen LogP contribution is 2.02. The molecule has 0 bridgehead atoms. The fourth-order valence-electron chi connectivity index (χ4n) is 1.78. The van der Waals surface area contributed by atoms with Crippen LogP contribution in [-0.4, -0.2) is 23.4 Å². The van der Waals surface area contributed by atoms with Crippen LogP contribution in [0, 0.1) is 0 Å². The van der Waals surface area contributed by atoms with E-state index in [9.17, 15) is 9.59 Å². The summed E-state index contributed by atoms with van der Waals surface area (Å²) in [6, 6.07) is 12.2. The Morgan fingerprint density at radius 2 is 1.95 bits per heavy atom. The second-order valence-electron chi connectivity index (χ2n) is 4.44. The summed E-state index contributed by atoms with van der Waals surface area (Å²) >= 11 is 0. The molecule has 5 nitrogen and oxygen atoms in total. The standard InChI is InChI=1S/C16H15N2O3/c19-11-15(9-14-7-4-8-17-10-14)18-16(20)21-12-13-5-2-1-3-6-13/h1-8,10,15H,9,12H2,(H,18,20)/t15-/m0/s1. The van der Waals surface area contributed by atoms with Crippen LogP contribution in [-0.2, 0) is 22.6 Å². The molecule has 0 saturated carbocycles. The summed E-state index contributed by atoms with van der Waals surface area (Å²) in [7, 11) is 0. The quantitative estimate of drug-likeness (QED) is 0.880. The van der Waals surface area contributed by atoms with Gasteiger partial charge in [-0.25, -0.2) is 4.79 Å². The van der Waals surface area contributed by atoms with Gasteiger partial charge in [-0.3, -0.25) is 9.78 Å². The van der Waals surface area contributed by atoms with E-state index in [2.05, 4.69) is 10.3 Å². The zero-order valence-electron chi connectivity index (χ0n) is 11.4. The number of rotatable bonds is 6. The van der Waals surface area contributed by atoms with Crippen LogP contribution in [0.1, 0.15) is 11.1 Å². The molecule has 0 fully saturated rings. The molecule has 21 heavy (non-hydrogen) atoms. The van der Waals surface area contributed by atoms with E-state index >= 15 is 0 Å². The molecule has 107 valence electrons. The van der Waals surface area contributed by atoms with Gasteiger partial charge in [-0.05, 0) is 17.2 Å². The minimum Gasteiger partial charge on any atom is -0.445 e. The number of alkyl carbamates (subject to hydrolysis) is 1. The molecule has 1 aromatic heterocycles. The molecule has 0 spiro atoms. The van der Waals surface area contributed by atoms with Crippen LogP contribution in [0.3, 0.4) is 0 Å². The zero-order valence-corrected chi connectivity index (χ0v) is 11.4. The molecule has 0 unspecified atom stereocenters. The van der Waals surface area contributed by atoms with Gasteiger partial charge in [0.25, 0.3) is 0 Å². The molecule has 0 aliphatic carbocycles. The largest absolute Gasteiger partial charge is 0.445 e. The van der Waals surface area contributed by atoms with Crippen LogP contribution in [0.25, 0.3) is 0 Å². The van der Waals surface area contributed by atoms with Gasteiger partial charge in [0.1, 0.15) is 12.6 Å². The van der Waals surface area contributed by atoms with Gasteiger partial charge in [-0.2, -0.15) is 0 Å². The van der Waals surface area contributed by atoms with E-state index in [1.165, 1.54) is 0 Å². The molecular formula is C16H15N2O3. The van der Waals surface area contributed by atoms with Crippen LogP contribution in [0.2, 0.25) is 0 Å². The van der Waals surface area contributed by atoms with E-state index in [4.69, 9.17) is 4.74 Å². The van der Waals surface area contributed by atoms with Gasteiger partial charge in [0.15, 0.2) is 0 Å². The summed E-state index contributed by atoms with van der Waals surface area (Å²) in [6.45, 7) is 0.158. The lowest BCUT2D eigenvalue weighted by molar-refractivity contribution is 0.138. The first-order chi connectivity index (χ1) is 10.3. The van der Waals surface area contributed by atoms with Crippen LogP contribution >= 0.6 is 0 Å². The second-order valence-corrected chi connectivity index (χ2v) is 4.44. The molecular weight excluding hydrogens is 268 g/mol. The van der Waals surface area contributed by atoms with E-state index in [1.807, 2.05) is 36.4 Å². The number of nitrogens with zero attached hydrogens (tertiary/aromatic N) is 1. The van der Waals surface area contributed by atoms with Crippen molar-refractivity contribution in [1.82, 2.24) is 10.3 Å². The first kappa shape index (κ1) is 14.7. The van der Waals surface area contributed by atoms with Crippen molar-refractivity contribution in [2.45, 2.75) is 19.1 Å². The monoisotopic (exact) mass is 283 g/mol. The van der Waals surface area contributed by atoms with Crippen molar-refractivity contribution in [3.8, 4) is 0 Å². The summed E-state index contributed by atoms with van der Waals surface area (Å²) in [5.74, 6) is 0. The Morgan fingerprint density at radius 1 is 1.19 bits per heavy atom. The Kier molecular flexibility index (Phi) is 5.46. The van der Waals surface area contributed by atoms with Crippen molar-refractivity contribution in [3.63, 3.8) is 0 Å². The summed E-state index contributed by atoms with van der Waals surface area (Å²) in [5, 5.41) is 2.47. The van der Waals surface area contributed by atoms with Gasteiger partial charge in [0.05, 0.1) is 0 Å². The van der Waals surface area contributed by atoms with Gasteiger partial charge in [-0.1, -0.05) is 36.4 Å². The maximum Gasteiger partial charge on any atom is 0.408 e. The minimum absolute atomic E-state index is 0.158. The predicted molar refractivity (Wildman–Crippen MR) is 77.2 cm³/mol. The number of hydrogen-bond donors (Lipinski definition) is 1. The average molecular weight is 283 g/mol. The summed E-state index contributed by atoms with van der Waals surface area (Å²) in [5.41, 5.74) is 1.72. The van der Waals surface area contributed by atoms with Crippen molar-refractivity contribution < 1.29 is 14.3 Å². The molecule has 1 aromatic carbocycles. The van der Waals surface area contributed by atoms with E-state index in [0.29, 0.717) is 6.42 Å². The highest BCUT2D eigenvalue weighted by Gasteiger charge is 2.14. The molecule has 0 aliphatic rings. The smallest absolute Gasteiger partial charge is 0.408 e. The first-order valence-electron chi connectivity index (χ1n) is 6.51. The molecule has 0 aliphatic heterocycles. The Morgan fingerprint density at radius 3 is 2.62 bits per heavy atom. The molecule has 0 saturated heterocycles. The summed E-state index contributed by atoms with van der Waals surface area (Å²) < 4.78 is 5.05. The molecule has 1 amide bonds. The van der Waals surface area contributed by atoms with Gasteiger partial charge >= 0.3 is 6.09 Å². The number of ether oxygens (including phenoxy) is 1. The fourth-order valence-corrected chi connectivity index (χ4v) is 1.78. The maximum absolute atomic E-state index is 11.6. The van der Waals surface area contributed by atoms with Gasteiger partial charge in [-0.15, -0.1) is 0 Å². The van der Waals surface area contributed by atoms with E-state index in [0.717, 1.165) is 11.1 Å². The van der Waals surface area contributed by atoms with Crippen molar-refractivity contribution >= 4 is 12.4 Å². The molecule has 1 radical (unpaired) electrons. The number of benzene rings is 1. The third kappa shape index (κ3) is 5.06. The molecule has 2 rings (SSSR count). The van der Waals surface area contributed by atoms with Gasteiger partial charge in [0, 0.05) is 18.8 Å². The first-order valence-corrected chi connectivity index (χ1v) is 6.51. The number of carbonyl (C=O) groups is 1. The Balaban J connectivity index is 1.81. The lowest BCUT2D eigenvalue weighted by Crippen LogP contribution is -2.37. The average Bonchev–Trinajstić information content (AvgIpc) is 2.54. The molecule has 1 atom stereocenters. The van der Waals surface area contributed by atoms with E-state index in [1.54, 1.807) is 24.7 Å². The van der Waals surface area contributed by atoms with Crippen molar-refractivity contribution in [2.75, 3.05) is 0 Å². The highest BCUT2D eigenvalue weighted by atomic mass is 16.5. The third-order valence-corrected chi connectivity index (χ3v) is 2.81. The number of hydrogen-bond acceptors (Lipinski definition) is 4. The number of nitrogens with one attached hydrogen (secondary N) is 1. The van der Waals surface area contributed by atoms with E-state index < -0.39 is 12.1 Å². The predicted octanol–water partition coefficient (Wildman–Crippen LogP) is 2.03. The Hall–Kier alpha value is -2.69. The summed E-state index contributed by atoms with van der Waals surface area (Å²) in [6.07, 6.45) is 4.76. The molecule has 1 heterocycles. The topological polar surface area (TPSA) is 68.3 Å². The SMILES string of the molecule is O=[C][C@H](Cc1cccnc1)NC(=O)OCc1ccccc1. The van der Waals surface area contributed by atoms with Gasteiger partial charge in [0.2, 0.25) is 6.29 Å². The van der Waals surface area contributed by atoms with Crippen molar-refractivity contribution in [1.29, 1.82) is 0 Å². The number of amides is 1. The highest BCUT2D eigenvalue weighted by molar-refractivity contribution is 5.73. The second kappa shape index (κ2) is 7.79. The minimum atomic E-state index is -0.752. The molecule has 2 aromatic rings. The fraction of sp³-hybridized carbons (Fsp3) is 0.188. The van der Waals surface area contributed by atoms with Crippen LogP contribution in [0.5, 0.6) is 0 Å². The normalized spacial score (nSPS) is 11.4. The Labute approximate surface area is 123 Å². The summed E-state index contributed by atoms with van der Waals surface area (Å²) in [4.78, 5) is 26.5. The molecule has 5 heteroatoms. The van der Waals surface area contributed by atoms with Crippen LogP contribution in [0.4, 0.5) is 4.79 Å². The lowest BCUT2D eigenvalue weighted by atomic mass is 10.1. The van der Waals surface area contributed by atoms with E-state index in [-0.39, 0.29) is 6.61 Å². The third-order valence-electron chi connectivity index (χ3n) is 2.81. The molecule has 1 N–H and O–H groups in total. The number of carbonyl (C=O) groups excluding carboxylic acids is 2. The number of aromatic nitrogens is 1.